The number of halogens is 3. The van der Waals surface area contributed by atoms with E-state index >= 15 is 0 Å². The third kappa shape index (κ3) is 13.4. The van der Waals surface area contributed by atoms with E-state index < -0.39 is 63.3 Å². The Morgan fingerprint density at radius 3 is 2.00 bits per heavy atom. The molecule has 2 amide bonds. The molecule has 0 saturated heterocycles. The number of aliphatic hydroxyl groups excluding tert-OH is 1. The summed E-state index contributed by atoms with van der Waals surface area (Å²) in [5.41, 5.74) is -6.22. The molecule has 0 aromatic rings. The Bertz CT molecular complexity index is 844. The Balaban J connectivity index is 5.53. The number of sulfonamides is 1. The van der Waals surface area contributed by atoms with Gasteiger partial charge in [0.25, 0.3) is 0 Å². The van der Waals surface area contributed by atoms with Gasteiger partial charge < -0.3 is 20.5 Å². The summed E-state index contributed by atoms with van der Waals surface area (Å²) in [5, 5.41) is 14.4. The van der Waals surface area contributed by atoms with Crippen LogP contribution in [0, 0.1) is 17.8 Å². The van der Waals surface area contributed by atoms with Crippen LogP contribution < -0.4 is 15.4 Å². The fourth-order valence-corrected chi connectivity index (χ4v) is 4.19. The van der Waals surface area contributed by atoms with E-state index in [1.54, 1.807) is 20.8 Å². The molecule has 0 unspecified atom stereocenters. The van der Waals surface area contributed by atoms with E-state index in [2.05, 4.69) is 10.6 Å². The van der Waals surface area contributed by atoms with Crippen molar-refractivity contribution in [3.05, 3.63) is 0 Å². The Hall–Kier alpha value is -1.93. The highest BCUT2D eigenvalue weighted by atomic mass is 32.2. The van der Waals surface area contributed by atoms with Gasteiger partial charge in [0.2, 0.25) is 11.8 Å². The zero-order valence-electron chi connectivity index (χ0n) is 22.4. The van der Waals surface area contributed by atoms with Crippen LogP contribution in [0.25, 0.3) is 0 Å². The smallest absolute Gasteiger partial charge is 0.460 e. The second kappa shape index (κ2) is 15.5. The van der Waals surface area contributed by atoms with Crippen molar-refractivity contribution in [1.29, 1.82) is 0 Å². The molecule has 0 heterocycles. The van der Waals surface area contributed by atoms with Crippen LogP contribution in [0.3, 0.4) is 0 Å². The van der Waals surface area contributed by atoms with Gasteiger partial charge in [-0.2, -0.15) is 13.2 Å². The van der Waals surface area contributed by atoms with Crippen LogP contribution in [0.5, 0.6) is 0 Å². The fraction of sp³-hybridized carbons (Fsp3) is 0.870. The van der Waals surface area contributed by atoms with Crippen LogP contribution >= 0.6 is 0 Å². The second-order valence-corrected chi connectivity index (χ2v) is 12.0. The standard InChI is InChI=1S/C23H42F3N3O7S/c1-15(2)14-17(16(10-9-13-30)21(33)36-22(3,4)5)19(31)29-18(20(32)27-6)11-7-8-12-28-37(34,35)23(24,25)26/h15-18,28,30H,7-14H2,1-6H3,(H,27,32)(H,29,31)/t16-,17+,18-/m0/s1. The average Bonchev–Trinajstić information content (AvgIpc) is 2.74. The lowest BCUT2D eigenvalue weighted by molar-refractivity contribution is -0.164. The lowest BCUT2D eigenvalue weighted by Crippen LogP contribution is -2.50. The normalized spacial score (nSPS) is 15.1. The Morgan fingerprint density at radius 1 is 0.946 bits per heavy atom. The molecule has 0 spiro atoms. The average molecular weight is 562 g/mol. The molecule has 37 heavy (non-hydrogen) atoms. The molecule has 0 fully saturated rings. The molecule has 0 aromatic heterocycles. The van der Waals surface area contributed by atoms with Crippen LogP contribution in [0.1, 0.15) is 73.1 Å². The van der Waals surface area contributed by atoms with Gasteiger partial charge in [-0.1, -0.05) is 13.8 Å². The number of amides is 2. The maximum Gasteiger partial charge on any atom is 0.511 e. The third-order valence-corrected chi connectivity index (χ3v) is 6.52. The summed E-state index contributed by atoms with van der Waals surface area (Å²) < 4.78 is 66.4. The van der Waals surface area contributed by atoms with Gasteiger partial charge in [0.1, 0.15) is 11.6 Å². The Morgan fingerprint density at radius 2 is 1.54 bits per heavy atom. The Kier molecular flexibility index (Phi) is 14.7. The van der Waals surface area contributed by atoms with E-state index in [0.717, 1.165) is 0 Å². The number of carbonyl (C=O) groups is 3. The summed E-state index contributed by atoms with van der Waals surface area (Å²) in [5.74, 6) is -3.40. The van der Waals surface area contributed by atoms with Crippen molar-refractivity contribution in [2.45, 2.75) is 90.3 Å². The molecule has 3 atom stereocenters. The molecule has 10 nitrogen and oxygen atoms in total. The molecule has 0 saturated carbocycles. The number of carbonyl (C=O) groups excluding carboxylic acids is 3. The molecule has 4 N–H and O–H groups in total. The van der Waals surface area contributed by atoms with Crippen molar-refractivity contribution in [3.63, 3.8) is 0 Å². The van der Waals surface area contributed by atoms with Gasteiger partial charge in [0.15, 0.2) is 0 Å². The van der Waals surface area contributed by atoms with Crippen LogP contribution in [-0.4, -0.2) is 68.7 Å². The van der Waals surface area contributed by atoms with Crippen molar-refractivity contribution in [3.8, 4) is 0 Å². The predicted molar refractivity (Wildman–Crippen MR) is 131 cm³/mol. The van der Waals surface area contributed by atoms with Gasteiger partial charge in [0.05, 0.1) is 11.8 Å². The SMILES string of the molecule is CNC(=O)[C@H](CCCCNS(=O)(=O)C(F)(F)F)NC(=O)[C@H](CC(C)C)[C@H](CCCO)C(=O)OC(C)(C)C. The number of ether oxygens (including phenoxy) is 1. The lowest BCUT2D eigenvalue weighted by atomic mass is 9.81. The van der Waals surface area contributed by atoms with Gasteiger partial charge >= 0.3 is 21.5 Å². The molecule has 14 heteroatoms. The summed E-state index contributed by atoms with van der Waals surface area (Å²) >= 11 is 0. The molecular formula is C23H42F3N3O7S. The van der Waals surface area contributed by atoms with Gasteiger partial charge in [-0.3, -0.25) is 14.4 Å². The van der Waals surface area contributed by atoms with Crippen LogP contribution in [0.2, 0.25) is 0 Å². The number of nitrogens with one attached hydrogen (secondary N) is 3. The van der Waals surface area contributed by atoms with E-state index in [4.69, 9.17) is 4.74 Å². The molecule has 0 radical (unpaired) electrons. The summed E-state index contributed by atoms with van der Waals surface area (Å²) in [4.78, 5) is 38.7. The maximum atomic E-state index is 13.3. The molecule has 0 bridgehead atoms. The van der Waals surface area contributed by atoms with Gasteiger partial charge in [-0.05, 0) is 65.2 Å². The van der Waals surface area contributed by atoms with Crippen molar-refractivity contribution in [1.82, 2.24) is 15.4 Å². The van der Waals surface area contributed by atoms with E-state index in [1.807, 2.05) is 13.8 Å². The largest absolute Gasteiger partial charge is 0.511 e. The van der Waals surface area contributed by atoms with E-state index in [0.29, 0.717) is 6.42 Å². The Labute approximate surface area is 217 Å². The van der Waals surface area contributed by atoms with Crippen LogP contribution in [-0.2, 0) is 29.1 Å². The first-order valence-corrected chi connectivity index (χ1v) is 13.8. The van der Waals surface area contributed by atoms with Gasteiger partial charge in [0, 0.05) is 20.2 Å². The number of unbranched alkanes of at least 4 members (excludes halogenated alkanes) is 1. The minimum Gasteiger partial charge on any atom is -0.460 e. The zero-order chi connectivity index (χ0) is 29.0. The number of esters is 1. The van der Waals surface area contributed by atoms with Crippen LogP contribution in [0.4, 0.5) is 13.2 Å². The van der Waals surface area contributed by atoms with Gasteiger partial charge in [-0.25, -0.2) is 13.1 Å². The molecule has 0 aromatic carbocycles. The topological polar surface area (TPSA) is 151 Å². The zero-order valence-corrected chi connectivity index (χ0v) is 23.2. The number of hydrogen-bond donors (Lipinski definition) is 4. The van der Waals surface area contributed by atoms with Crippen molar-refractivity contribution >= 4 is 27.8 Å². The summed E-state index contributed by atoms with van der Waals surface area (Å²) in [6.07, 6.45) is 0.916. The highest BCUT2D eigenvalue weighted by Crippen LogP contribution is 2.28. The highest BCUT2D eigenvalue weighted by molar-refractivity contribution is 7.90. The molecule has 0 aliphatic heterocycles. The number of rotatable bonds is 16. The maximum absolute atomic E-state index is 13.3. The second-order valence-electron chi connectivity index (χ2n) is 10.3. The minimum absolute atomic E-state index is 0.00880. The molecule has 0 aliphatic carbocycles. The van der Waals surface area contributed by atoms with Gasteiger partial charge in [-0.15, -0.1) is 0 Å². The summed E-state index contributed by atoms with van der Waals surface area (Å²) in [7, 11) is -4.10. The van der Waals surface area contributed by atoms with E-state index in [-0.39, 0.29) is 44.6 Å². The summed E-state index contributed by atoms with van der Waals surface area (Å²) in [6.45, 7) is 8.15. The minimum atomic E-state index is -5.46. The van der Waals surface area contributed by atoms with E-state index in [9.17, 15) is 41.1 Å². The predicted octanol–water partition coefficient (Wildman–Crippen LogP) is 2.22. The first-order valence-electron chi connectivity index (χ1n) is 12.3. The molecule has 218 valence electrons. The quantitative estimate of drug-likeness (QED) is 0.167. The highest BCUT2D eigenvalue weighted by Gasteiger charge is 2.45. The first-order chi connectivity index (χ1) is 16.9. The lowest BCUT2D eigenvalue weighted by Gasteiger charge is -2.30. The van der Waals surface area contributed by atoms with Crippen molar-refractivity contribution < 1.29 is 45.8 Å². The van der Waals surface area contributed by atoms with Crippen molar-refractivity contribution in [2.24, 2.45) is 17.8 Å². The van der Waals surface area contributed by atoms with E-state index in [1.165, 1.54) is 11.8 Å². The number of likely N-dealkylation sites (N-methyl/N-ethyl adjacent to an activating group) is 1. The molecule has 0 aliphatic rings. The van der Waals surface area contributed by atoms with Crippen LogP contribution in [0.15, 0.2) is 0 Å². The first kappa shape index (κ1) is 35.1. The number of alkyl halides is 3. The monoisotopic (exact) mass is 561 g/mol. The number of aliphatic hydroxyl groups is 1. The summed E-state index contributed by atoms with van der Waals surface area (Å²) in [6, 6.07) is -1.05. The fourth-order valence-electron chi connectivity index (χ4n) is 3.62. The van der Waals surface area contributed by atoms with Crippen molar-refractivity contribution in [2.75, 3.05) is 20.2 Å². The third-order valence-electron chi connectivity index (χ3n) is 5.33. The molecule has 0 rings (SSSR count). The number of hydrogen-bond acceptors (Lipinski definition) is 7. The molecular weight excluding hydrogens is 519 g/mol.